The van der Waals surface area contributed by atoms with Crippen LogP contribution in [0.2, 0.25) is 0 Å². The van der Waals surface area contributed by atoms with Gasteiger partial charge in [-0.1, -0.05) is 18.2 Å². The predicted molar refractivity (Wildman–Crippen MR) is 86.2 cm³/mol. The van der Waals surface area contributed by atoms with Crippen LogP contribution < -0.4 is 4.74 Å². The van der Waals surface area contributed by atoms with Crippen LogP contribution in [0.15, 0.2) is 54.6 Å². The molecule has 0 bridgehead atoms. The van der Waals surface area contributed by atoms with Crippen molar-refractivity contribution in [2.24, 2.45) is 0 Å². The van der Waals surface area contributed by atoms with Crippen LogP contribution in [0.1, 0.15) is 11.4 Å². The zero-order valence-electron chi connectivity index (χ0n) is 12.7. The summed E-state index contributed by atoms with van der Waals surface area (Å²) in [7, 11) is 1.65. The van der Waals surface area contributed by atoms with Gasteiger partial charge in [0.05, 0.1) is 19.4 Å². The van der Waals surface area contributed by atoms with Crippen LogP contribution in [0.3, 0.4) is 0 Å². The van der Waals surface area contributed by atoms with E-state index in [0.29, 0.717) is 5.69 Å². The number of ether oxygens (including phenoxy) is 1. The summed E-state index contributed by atoms with van der Waals surface area (Å²) in [6.07, 6.45) is 0. The highest BCUT2D eigenvalue weighted by Crippen LogP contribution is 2.27. The van der Waals surface area contributed by atoms with Crippen molar-refractivity contribution < 1.29 is 9.84 Å². The van der Waals surface area contributed by atoms with E-state index in [9.17, 15) is 5.11 Å². The Labute approximate surface area is 129 Å². The molecule has 1 heterocycles. The van der Waals surface area contributed by atoms with E-state index in [2.05, 4.69) is 9.55 Å². The quantitative estimate of drug-likeness (QED) is 0.802. The normalized spacial score (nSPS) is 10.7. The minimum Gasteiger partial charge on any atom is -0.497 e. The molecule has 1 aromatic heterocycles. The number of aliphatic hydroxyl groups is 1. The fourth-order valence-electron chi connectivity index (χ4n) is 2.52. The summed E-state index contributed by atoms with van der Waals surface area (Å²) >= 11 is 0. The van der Waals surface area contributed by atoms with Crippen LogP contribution in [0.5, 0.6) is 5.75 Å². The molecule has 3 aromatic rings. The highest BCUT2D eigenvalue weighted by atomic mass is 16.5. The van der Waals surface area contributed by atoms with Crippen molar-refractivity contribution in [3.8, 4) is 22.8 Å². The van der Waals surface area contributed by atoms with Crippen molar-refractivity contribution in [2.75, 3.05) is 7.11 Å². The summed E-state index contributed by atoms with van der Waals surface area (Å²) in [6, 6.07) is 17.8. The molecule has 0 saturated carbocycles. The number of hydrogen-bond donors (Lipinski definition) is 1. The lowest BCUT2D eigenvalue weighted by Crippen LogP contribution is -2.00. The van der Waals surface area contributed by atoms with Crippen molar-refractivity contribution in [1.82, 2.24) is 9.55 Å². The second-order valence-electron chi connectivity index (χ2n) is 5.03. The second kappa shape index (κ2) is 6.03. The zero-order valence-corrected chi connectivity index (χ0v) is 12.7. The molecule has 112 valence electrons. The molecular weight excluding hydrogens is 276 g/mol. The van der Waals surface area contributed by atoms with Gasteiger partial charge in [-0.3, -0.25) is 4.57 Å². The Hall–Kier alpha value is -2.59. The standard InChI is InChI=1S/C18H18N2O2/c1-13-17(12-21)19-18(14-8-10-16(22-2)11-9-14)20(13)15-6-4-3-5-7-15/h3-11,21H,12H2,1-2H3. The van der Waals surface area contributed by atoms with Crippen LogP contribution in [0, 0.1) is 6.92 Å². The fourth-order valence-corrected chi connectivity index (χ4v) is 2.52. The molecule has 0 aliphatic heterocycles. The Morgan fingerprint density at radius 3 is 2.32 bits per heavy atom. The minimum absolute atomic E-state index is 0.0746. The van der Waals surface area contributed by atoms with Crippen LogP contribution >= 0.6 is 0 Å². The van der Waals surface area contributed by atoms with Gasteiger partial charge in [0.25, 0.3) is 0 Å². The Morgan fingerprint density at radius 2 is 1.73 bits per heavy atom. The van der Waals surface area contributed by atoms with Gasteiger partial charge < -0.3 is 9.84 Å². The molecule has 0 unspecified atom stereocenters. The third-order valence-electron chi connectivity index (χ3n) is 3.72. The lowest BCUT2D eigenvalue weighted by atomic mass is 10.2. The average molecular weight is 294 g/mol. The third-order valence-corrected chi connectivity index (χ3v) is 3.72. The summed E-state index contributed by atoms with van der Waals surface area (Å²) in [5, 5.41) is 9.54. The Bertz CT molecular complexity index is 762. The van der Waals surface area contributed by atoms with E-state index in [-0.39, 0.29) is 6.61 Å². The first kappa shape index (κ1) is 14.4. The van der Waals surface area contributed by atoms with E-state index in [1.807, 2.05) is 61.5 Å². The third kappa shape index (κ3) is 2.49. The summed E-state index contributed by atoms with van der Waals surface area (Å²) in [6.45, 7) is 1.90. The lowest BCUT2D eigenvalue weighted by molar-refractivity contribution is 0.276. The van der Waals surface area contributed by atoms with E-state index in [1.54, 1.807) is 7.11 Å². The molecule has 0 saturated heterocycles. The molecule has 0 spiro atoms. The number of benzene rings is 2. The Kier molecular flexibility index (Phi) is 3.94. The predicted octanol–water partition coefficient (Wildman–Crippen LogP) is 3.35. The van der Waals surface area contributed by atoms with Crippen molar-refractivity contribution in [3.63, 3.8) is 0 Å². The van der Waals surface area contributed by atoms with Crippen LogP contribution in [-0.2, 0) is 6.61 Å². The topological polar surface area (TPSA) is 47.3 Å². The van der Waals surface area contributed by atoms with Gasteiger partial charge in [-0.2, -0.15) is 0 Å². The van der Waals surface area contributed by atoms with Gasteiger partial charge in [0.15, 0.2) is 0 Å². The van der Waals surface area contributed by atoms with E-state index < -0.39 is 0 Å². The van der Waals surface area contributed by atoms with Gasteiger partial charge in [0.2, 0.25) is 0 Å². The van der Waals surface area contributed by atoms with E-state index >= 15 is 0 Å². The number of hydrogen-bond acceptors (Lipinski definition) is 3. The minimum atomic E-state index is -0.0746. The number of aromatic nitrogens is 2. The van der Waals surface area contributed by atoms with Gasteiger partial charge in [0.1, 0.15) is 11.6 Å². The molecule has 3 rings (SSSR count). The van der Waals surface area contributed by atoms with E-state index in [0.717, 1.165) is 28.5 Å². The largest absolute Gasteiger partial charge is 0.497 e. The summed E-state index contributed by atoms with van der Waals surface area (Å²) < 4.78 is 7.27. The van der Waals surface area contributed by atoms with Crippen molar-refractivity contribution in [1.29, 1.82) is 0 Å². The van der Waals surface area contributed by atoms with Gasteiger partial charge in [-0.05, 0) is 43.3 Å². The molecular formula is C18H18N2O2. The SMILES string of the molecule is COc1ccc(-c2nc(CO)c(C)n2-c2ccccc2)cc1. The molecule has 22 heavy (non-hydrogen) atoms. The van der Waals surface area contributed by atoms with E-state index in [1.165, 1.54) is 0 Å². The maximum Gasteiger partial charge on any atom is 0.145 e. The second-order valence-corrected chi connectivity index (χ2v) is 5.03. The number of rotatable bonds is 4. The first-order valence-corrected chi connectivity index (χ1v) is 7.13. The lowest BCUT2D eigenvalue weighted by Gasteiger charge is -2.10. The zero-order chi connectivity index (χ0) is 15.5. The molecule has 0 aliphatic carbocycles. The summed E-state index contributed by atoms with van der Waals surface area (Å²) in [5.41, 5.74) is 3.64. The van der Waals surface area contributed by atoms with Gasteiger partial charge in [-0.15, -0.1) is 0 Å². The molecule has 4 heteroatoms. The van der Waals surface area contributed by atoms with Crippen molar-refractivity contribution in [2.45, 2.75) is 13.5 Å². The maximum atomic E-state index is 9.54. The molecule has 0 atom stereocenters. The summed E-state index contributed by atoms with van der Waals surface area (Å²) in [5.74, 6) is 1.62. The highest BCUT2D eigenvalue weighted by Gasteiger charge is 2.16. The van der Waals surface area contributed by atoms with Crippen LogP contribution in [0.4, 0.5) is 0 Å². The molecule has 0 amide bonds. The number of para-hydroxylation sites is 1. The smallest absolute Gasteiger partial charge is 0.145 e. The molecule has 1 N–H and O–H groups in total. The molecule has 0 aliphatic rings. The highest BCUT2D eigenvalue weighted by molar-refractivity contribution is 5.61. The van der Waals surface area contributed by atoms with E-state index in [4.69, 9.17) is 4.74 Å². The Balaban J connectivity index is 2.18. The first-order chi connectivity index (χ1) is 10.7. The van der Waals surface area contributed by atoms with Crippen molar-refractivity contribution >= 4 is 0 Å². The van der Waals surface area contributed by atoms with Gasteiger partial charge in [-0.25, -0.2) is 4.98 Å². The molecule has 2 aromatic carbocycles. The fraction of sp³-hybridized carbons (Fsp3) is 0.167. The Morgan fingerprint density at radius 1 is 1.05 bits per heavy atom. The average Bonchev–Trinajstić information content (AvgIpc) is 2.92. The first-order valence-electron chi connectivity index (χ1n) is 7.13. The van der Waals surface area contributed by atoms with Gasteiger partial charge in [0, 0.05) is 16.9 Å². The maximum absolute atomic E-state index is 9.54. The molecule has 0 fully saturated rings. The molecule has 0 radical (unpaired) electrons. The number of methoxy groups -OCH3 is 1. The number of imidazole rings is 1. The van der Waals surface area contributed by atoms with Crippen LogP contribution in [0.25, 0.3) is 17.1 Å². The van der Waals surface area contributed by atoms with Crippen LogP contribution in [-0.4, -0.2) is 21.8 Å². The van der Waals surface area contributed by atoms with Crippen molar-refractivity contribution in [3.05, 3.63) is 66.0 Å². The molecule has 4 nitrogen and oxygen atoms in total. The summed E-state index contributed by atoms with van der Waals surface area (Å²) in [4.78, 5) is 4.60. The monoisotopic (exact) mass is 294 g/mol. The number of nitrogens with zero attached hydrogens (tertiary/aromatic N) is 2. The number of aliphatic hydroxyl groups excluding tert-OH is 1. The van der Waals surface area contributed by atoms with Gasteiger partial charge >= 0.3 is 0 Å².